The van der Waals surface area contributed by atoms with E-state index in [1.807, 2.05) is 18.2 Å². The monoisotopic (exact) mass is 447 g/mol. The lowest BCUT2D eigenvalue weighted by molar-refractivity contribution is 0.283. The zero-order valence-electron chi connectivity index (χ0n) is 13.8. The van der Waals surface area contributed by atoms with Crippen molar-refractivity contribution in [1.82, 2.24) is 5.32 Å². The van der Waals surface area contributed by atoms with Gasteiger partial charge in [0.05, 0.1) is 7.11 Å². The van der Waals surface area contributed by atoms with Gasteiger partial charge in [-0.3, -0.25) is 0 Å². The molecule has 0 aliphatic rings. The van der Waals surface area contributed by atoms with Gasteiger partial charge in [0.25, 0.3) is 0 Å². The van der Waals surface area contributed by atoms with Crippen molar-refractivity contribution in [2.45, 2.75) is 19.6 Å². The summed E-state index contributed by atoms with van der Waals surface area (Å²) in [4.78, 5) is 0. The summed E-state index contributed by atoms with van der Waals surface area (Å²) in [6.45, 7) is 1.91. The molecular formula is C18H20BrCl2NO3. The van der Waals surface area contributed by atoms with E-state index in [2.05, 4.69) is 21.2 Å². The van der Waals surface area contributed by atoms with Crippen LogP contribution in [0.1, 0.15) is 17.5 Å². The van der Waals surface area contributed by atoms with Gasteiger partial charge in [0.1, 0.15) is 6.61 Å². The standard InChI is InChI=1S/C18H20BrCl2NO3/c1-24-17-7-13(10-22-5-2-6-23)15(19)9-18(17)25-11-12-3-4-14(20)8-16(12)21/h3-4,7-9,22-23H,2,5-6,10-11H2,1H3. The second-order valence-corrected chi connectivity index (χ2v) is 7.07. The molecule has 2 rings (SSSR count). The van der Waals surface area contributed by atoms with E-state index in [4.69, 9.17) is 37.8 Å². The van der Waals surface area contributed by atoms with Crippen LogP contribution in [-0.2, 0) is 13.2 Å². The highest BCUT2D eigenvalue weighted by Crippen LogP contribution is 2.34. The number of benzene rings is 2. The van der Waals surface area contributed by atoms with Gasteiger partial charge < -0.3 is 19.9 Å². The Labute approximate surface area is 166 Å². The molecule has 0 saturated heterocycles. The van der Waals surface area contributed by atoms with E-state index in [0.717, 1.165) is 28.6 Å². The molecule has 0 unspecified atom stereocenters. The minimum absolute atomic E-state index is 0.178. The second kappa shape index (κ2) is 10.2. The summed E-state index contributed by atoms with van der Waals surface area (Å²) in [5.41, 5.74) is 1.89. The normalized spacial score (nSPS) is 10.8. The molecule has 136 valence electrons. The van der Waals surface area contributed by atoms with Gasteiger partial charge in [0.15, 0.2) is 11.5 Å². The fourth-order valence-electron chi connectivity index (χ4n) is 2.21. The minimum Gasteiger partial charge on any atom is -0.493 e. The van der Waals surface area contributed by atoms with Crippen molar-refractivity contribution < 1.29 is 14.6 Å². The van der Waals surface area contributed by atoms with Crippen molar-refractivity contribution in [1.29, 1.82) is 0 Å². The van der Waals surface area contributed by atoms with Gasteiger partial charge in [-0.2, -0.15) is 0 Å². The predicted octanol–water partition coefficient (Wildman–Crippen LogP) is 4.82. The Bertz CT molecular complexity index is 713. The summed E-state index contributed by atoms with van der Waals surface area (Å²) in [6.07, 6.45) is 0.720. The van der Waals surface area contributed by atoms with Crippen LogP contribution in [0.3, 0.4) is 0 Å². The Kier molecular flexibility index (Phi) is 8.33. The molecule has 0 spiro atoms. The van der Waals surface area contributed by atoms with Crippen LogP contribution in [0.25, 0.3) is 0 Å². The topological polar surface area (TPSA) is 50.7 Å². The van der Waals surface area contributed by atoms with E-state index in [9.17, 15) is 0 Å². The van der Waals surface area contributed by atoms with Crippen molar-refractivity contribution in [2.24, 2.45) is 0 Å². The molecule has 0 aliphatic carbocycles. The third-order valence-electron chi connectivity index (χ3n) is 3.56. The van der Waals surface area contributed by atoms with Crippen LogP contribution >= 0.6 is 39.1 Å². The number of nitrogens with one attached hydrogen (secondary N) is 1. The van der Waals surface area contributed by atoms with Crippen LogP contribution in [0.5, 0.6) is 11.5 Å². The smallest absolute Gasteiger partial charge is 0.162 e. The number of aliphatic hydroxyl groups is 1. The maximum Gasteiger partial charge on any atom is 0.162 e. The molecule has 0 aliphatic heterocycles. The number of methoxy groups -OCH3 is 1. The third kappa shape index (κ3) is 6.04. The Morgan fingerprint density at radius 2 is 1.92 bits per heavy atom. The molecule has 0 radical (unpaired) electrons. The summed E-state index contributed by atoms with van der Waals surface area (Å²) >= 11 is 15.6. The highest BCUT2D eigenvalue weighted by molar-refractivity contribution is 9.10. The van der Waals surface area contributed by atoms with E-state index in [1.165, 1.54) is 0 Å². The van der Waals surface area contributed by atoms with E-state index in [0.29, 0.717) is 34.7 Å². The van der Waals surface area contributed by atoms with Gasteiger partial charge in [0, 0.05) is 33.2 Å². The van der Waals surface area contributed by atoms with Crippen molar-refractivity contribution in [3.05, 3.63) is 56.0 Å². The highest BCUT2D eigenvalue weighted by Gasteiger charge is 2.11. The Morgan fingerprint density at radius 3 is 2.60 bits per heavy atom. The molecule has 4 nitrogen and oxygen atoms in total. The lowest BCUT2D eigenvalue weighted by Gasteiger charge is -2.15. The highest BCUT2D eigenvalue weighted by atomic mass is 79.9. The molecular weight excluding hydrogens is 429 g/mol. The molecule has 2 N–H and O–H groups in total. The average Bonchev–Trinajstić information content (AvgIpc) is 2.59. The summed E-state index contributed by atoms with van der Waals surface area (Å²) in [5.74, 6) is 1.27. The maximum absolute atomic E-state index is 8.82. The number of hydrogen-bond donors (Lipinski definition) is 2. The zero-order chi connectivity index (χ0) is 18.2. The summed E-state index contributed by atoms with van der Waals surface area (Å²) < 4.78 is 12.2. The van der Waals surface area contributed by atoms with Crippen LogP contribution in [0, 0.1) is 0 Å². The molecule has 0 atom stereocenters. The Hall–Kier alpha value is -0.980. The van der Waals surface area contributed by atoms with Crippen LogP contribution in [-0.4, -0.2) is 25.4 Å². The molecule has 25 heavy (non-hydrogen) atoms. The van der Waals surface area contributed by atoms with E-state index in [-0.39, 0.29) is 6.61 Å². The summed E-state index contributed by atoms with van der Waals surface area (Å²) in [5, 5.41) is 13.2. The van der Waals surface area contributed by atoms with Crippen molar-refractivity contribution in [2.75, 3.05) is 20.3 Å². The molecule has 2 aromatic rings. The molecule has 0 bridgehead atoms. The van der Waals surface area contributed by atoms with E-state index < -0.39 is 0 Å². The van der Waals surface area contributed by atoms with Crippen LogP contribution in [0.4, 0.5) is 0 Å². The lowest BCUT2D eigenvalue weighted by atomic mass is 10.2. The van der Waals surface area contributed by atoms with Gasteiger partial charge in [-0.1, -0.05) is 45.2 Å². The largest absolute Gasteiger partial charge is 0.493 e. The number of hydrogen-bond acceptors (Lipinski definition) is 4. The average molecular weight is 449 g/mol. The lowest BCUT2D eigenvalue weighted by Crippen LogP contribution is -2.16. The second-order valence-electron chi connectivity index (χ2n) is 5.37. The number of rotatable bonds is 9. The van der Waals surface area contributed by atoms with Crippen molar-refractivity contribution in [3.8, 4) is 11.5 Å². The first-order valence-corrected chi connectivity index (χ1v) is 9.34. The van der Waals surface area contributed by atoms with Crippen molar-refractivity contribution >= 4 is 39.1 Å². The number of aliphatic hydroxyl groups excluding tert-OH is 1. The molecule has 7 heteroatoms. The van der Waals surface area contributed by atoms with Crippen LogP contribution in [0.2, 0.25) is 10.0 Å². The predicted molar refractivity (Wildman–Crippen MR) is 105 cm³/mol. The van der Waals surface area contributed by atoms with Crippen molar-refractivity contribution in [3.63, 3.8) is 0 Å². The fraction of sp³-hybridized carbons (Fsp3) is 0.333. The van der Waals surface area contributed by atoms with Gasteiger partial charge >= 0.3 is 0 Å². The quantitative estimate of drug-likeness (QED) is 0.540. The fourth-order valence-corrected chi connectivity index (χ4v) is 3.13. The first-order valence-electron chi connectivity index (χ1n) is 7.80. The number of ether oxygens (including phenoxy) is 2. The minimum atomic E-state index is 0.178. The Morgan fingerprint density at radius 1 is 1.12 bits per heavy atom. The molecule has 2 aromatic carbocycles. The molecule has 0 amide bonds. The van der Waals surface area contributed by atoms with Gasteiger partial charge in [0.2, 0.25) is 0 Å². The van der Waals surface area contributed by atoms with Gasteiger partial charge in [-0.05, 0) is 42.8 Å². The van der Waals surface area contributed by atoms with Crippen LogP contribution in [0.15, 0.2) is 34.8 Å². The van der Waals surface area contributed by atoms with E-state index >= 15 is 0 Å². The zero-order valence-corrected chi connectivity index (χ0v) is 16.9. The Balaban J connectivity index is 2.08. The number of halogens is 3. The maximum atomic E-state index is 8.82. The summed E-state index contributed by atoms with van der Waals surface area (Å²) in [6, 6.07) is 9.11. The van der Waals surface area contributed by atoms with Crippen LogP contribution < -0.4 is 14.8 Å². The first-order chi connectivity index (χ1) is 12.0. The van der Waals surface area contributed by atoms with Gasteiger partial charge in [-0.15, -0.1) is 0 Å². The summed E-state index contributed by atoms with van der Waals surface area (Å²) in [7, 11) is 1.61. The molecule has 0 heterocycles. The SMILES string of the molecule is COc1cc(CNCCCO)c(Br)cc1OCc1ccc(Cl)cc1Cl. The van der Waals surface area contributed by atoms with Gasteiger partial charge in [-0.25, -0.2) is 0 Å². The third-order valence-corrected chi connectivity index (χ3v) is 4.88. The molecule has 0 fully saturated rings. The first kappa shape index (κ1) is 20.3. The molecule has 0 aromatic heterocycles. The van der Waals surface area contributed by atoms with E-state index in [1.54, 1.807) is 19.2 Å². The molecule has 0 saturated carbocycles.